The minimum Gasteiger partial charge on any atom is -0.488 e. The van der Waals surface area contributed by atoms with E-state index in [2.05, 4.69) is 10.6 Å². The van der Waals surface area contributed by atoms with Crippen LogP contribution in [0.4, 0.5) is 5.69 Å². The fraction of sp³-hybridized carbons (Fsp3) is 0.562. The van der Waals surface area contributed by atoms with Crippen LogP contribution in [-0.4, -0.2) is 40.9 Å². The van der Waals surface area contributed by atoms with Gasteiger partial charge < -0.3 is 15.2 Å². The van der Waals surface area contributed by atoms with E-state index in [9.17, 15) is 9.90 Å². The summed E-state index contributed by atoms with van der Waals surface area (Å²) in [4.78, 5) is 12.0. The first-order valence-electron chi connectivity index (χ1n) is 7.79. The first-order chi connectivity index (χ1) is 10.7. The quantitative estimate of drug-likeness (QED) is 0.771. The number of hydrogen-bond donors (Lipinski definition) is 3. The zero-order chi connectivity index (χ0) is 15.4. The Labute approximate surface area is 147 Å². The molecule has 3 N–H and O–H groups in total. The SMILES string of the molecule is Cl.O=C(Nc1ccc(OC2CCCCC2O)cc1)[C@H]1CSCN1. The molecule has 5 nitrogen and oxygen atoms in total. The van der Waals surface area contributed by atoms with Crippen LogP contribution in [0.2, 0.25) is 0 Å². The summed E-state index contributed by atoms with van der Waals surface area (Å²) in [5, 5.41) is 16.0. The lowest BCUT2D eigenvalue weighted by Crippen LogP contribution is -2.37. The second-order valence-electron chi connectivity index (χ2n) is 5.79. The van der Waals surface area contributed by atoms with Crippen molar-refractivity contribution < 1.29 is 14.6 Å². The molecule has 1 saturated heterocycles. The van der Waals surface area contributed by atoms with Gasteiger partial charge in [0.25, 0.3) is 0 Å². The number of thioether (sulfide) groups is 1. The first kappa shape index (κ1) is 18.4. The van der Waals surface area contributed by atoms with Crippen LogP contribution >= 0.6 is 24.2 Å². The Morgan fingerprint density at radius 2 is 2.00 bits per heavy atom. The number of anilines is 1. The predicted octanol–water partition coefficient (Wildman–Crippen LogP) is 2.39. The van der Waals surface area contributed by atoms with Crippen LogP contribution in [0.3, 0.4) is 0 Å². The van der Waals surface area contributed by atoms with E-state index >= 15 is 0 Å². The third-order valence-corrected chi connectivity index (χ3v) is 5.05. The molecule has 2 unspecified atom stereocenters. The molecule has 0 bridgehead atoms. The average Bonchev–Trinajstić information content (AvgIpc) is 3.06. The van der Waals surface area contributed by atoms with Crippen molar-refractivity contribution in [3.05, 3.63) is 24.3 Å². The second-order valence-corrected chi connectivity index (χ2v) is 6.82. The molecule has 2 fully saturated rings. The van der Waals surface area contributed by atoms with E-state index in [-0.39, 0.29) is 36.6 Å². The van der Waals surface area contributed by atoms with Crippen LogP contribution in [0.25, 0.3) is 0 Å². The third-order valence-electron chi connectivity index (χ3n) is 4.11. The summed E-state index contributed by atoms with van der Waals surface area (Å²) in [6, 6.07) is 7.25. The number of aliphatic hydroxyl groups is 1. The van der Waals surface area contributed by atoms with Gasteiger partial charge >= 0.3 is 0 Å². The highest BCUT2D eigenvalue weighted by Crippen LogP contribution is 2.25. The van der Waals surface area contributed by atoms with Crippen molar-refractivity contribution in [1.29, 1.82) is 0 Å². The summed E-state index contributed by atoms with van der Waals surface area (Å²) < 4.78 is 5.85. The fourth-order valence-corrected chi connectivity index (χ4v) is 3.74. The molecular formula is C16H23ClN2O3S. The summed E-state index contributed by atoms with van der Waals surface area (Å²) in [5.74, 6) is 2.38. The Bertz CT molecular complexity index is 509. The standard InChI is InChI=1S/C16H22N2O3S.ClH/c19-14-3-1-2-4-15(14)21-12-7-5-11(6-8-12)18-16(20)13-9-22-10-17-13;/h5-8,13-15,17,19H,1-4,9-10H2,(H,18,20);1H/t13-,14?,15?;/m1./s1. The van der Waals surface area contributed by atoms with Crippen LogP contribution < -0.4 is 15.4 Å². The molecule has 1 heterocycles. The van der Waals surface area contributed by atoms with Crippen molar-refractivity contribution in [3.63, 3.8) is 0 Å². The van der Waals surface area contributed by atoms with Crippen LogP contribution in [0.1, 0.15) is 25.7 Å². The molecule has 128 valence electrons. The molecule has 0 spiro atoms. The number of aliphatic hydroxyl groups excluding tert-OH is 1. The lowest BCUT2D eigenvalue weighted by atomic mass is 9.95. The number of rotatable bonds is 4. The van der Waals surface area contributed by atoms with Crippen LogP contribution in [-0.2, 0) is 4.79 Å². The molecule has 23 heavy (non-hydrogen) atoms. The van der Waals surface area contributed by atoms with Crippen molar-refractivity contribution >= 4 is 35.8 Å². The van der Waals surface area contributed by atoms with Gasteiger partial charge in [0.05, 0.1) is 12.1 Å². The van der Waals surface area contributed by atoms with Crippen molar-refractivity contribution in [2.24, 2.45) is 0 Å². The molecule has 1 aromatic carbocycles. The van der Waals surface area contributed by atoms with Gasteiger partial charge in [-0.25, -0.2) is 0 Å². The van der Waals surface area contributed by atoms with Gasteiger partial charge in [0, 0.05) is 17.3 Å². The number of amides is 1. The minimum absolute atomic E-state index is 0. The van der Waals surface area contributed by atoms with Crippen LogP contribution in [0, 0.1) is 0 Å². The van der Waals surface area contributed by atoms with Crippen molar-refractivity contribution in [2.75, 3.05) is 16.9 Å². The average molecular weight is 359 g/mol. The number of hydrogen-bond acceptors (Lipinski definition) is 5. The molecule has 2 aliphatic rings. The van der Waals surface area contributed by atoms with E-state index in [0.717, 1.165) is 48.7 Å². The number of carbonyl (C=O) groups is 1. The lowest BCUT2D eigenvalue weighted by molar-refractivity contribution is -0.117. The molecule has 7 heteroatoms. The van der Waals surface area contributed by atoms with E-state index in [0.29, 0.717) is 0 Å². The van der Waals surface area contributed by atoms with E-state index in [1.165, 1.54) is 0 Å². The molecule has 3 rings (SSSR count). The highest BCUT2D eigenvalue weighted by molar-refractivity contribution is 7.99. The zero-order valence-electron chi connectivity index (χ0n) is 12.9. The lowest BCUT2D eigenvalue weighted by Gasteiger charge is -2.28. The molecule has 0 aromatic heterocycles. The minimum atomic E-state index is -0.376. The zero-order valence-corrected chi connectivity index (χ0v) is 14.5. The Balaban J connectivity index is 0.00000192. The van der Waals surface area contributed by atoms with Gasteiger partial charge in [-0.15, -0.1) is 24.2 Å². The number of benzene rings is 1. The van der Waals surface area contributed by atoms with E-state index in [1.54, 1.807) is 11.8 Å². The summed E-state index contributed by atoms with van der Waals surface area (Å²) in [7, 11) is 0. The Hall–Kier alpha value is -0.950. The smallest absolute Gasteiger partial charge is 0.242 e. The Morgan fingerprint density at radius 3 is 2.65 bits per heavy atom. The van der Waals surface area contributed by atoms with Gasteiger partial charge in [-0.2, -0.15) is 0 Å². The maximum absolute atomic E-state index is 12.0. The van der Waals surface area contributed by atoms with Crippen LogP contribution in [0.15, 0.2) is 24.3 Å². The molecule has 1 aliphatic heterocycles. The van der Waals surface area contributed by atoms with E-state index in [1.807, 2.05) is 24.3 Å². The molecule has 1 amide bonds. The van der Waals surface area contributed by atoms with E-state index in [4.69, 9.17) is 4.74 Å². The second kappa shape index (κ2) is 8.78. The molecular weight excluding hydrogens is 336 g/mol. The maximum atomic E-state index is 12.0. The summed E-state index contributed by atoms with van der Waals surface area (Å²) in [6.45, 7) is 0. The van der Waals surface area contributed by atoms with Gasteiger partial charge in [-0.1, -0.05) is 6.42 Å². The summed E-state index contributed by atoms with van der Waals surface area (Å²) >= 11 is 1.73. The first-order valence-corrected chi connectivity index (χ1v) is 8.94. The Morgan fingerprint density at radius 1 is 1.26 bits per heavy atom. The Kier molecular flexibility index (Phi) is 7.02. The summed E-state index contributed by atoms with van der Waals surface area (Å²) in [6.07, 6.45) is 3.38. The monoisotopic (exact) mass is 358 g/mol. The number of ether oxygens (including phenoxy) is 1. The topological polar surface area (TPSA) is 70.6 Å². The molecule has 1 aromatic rings. The van der Waals surface area contributed by atoms with Crippen LogP contribution in [0.5, 0.6) is 5.75 Å². The highest BCUT2D eigenvalue weighted by atomic mass is 35.5. The maximum Gasteiger partial charge on any atom is 0.242 e. The molecule has 1 aliphatic carbocycles. The summed E-state index contributed by atoms with van der Waals surface area (Å²) in [5.41, 5.74) is 0.764. The largest absolute Gasteiger partial charge is 0.488 e. The third kappa shape index (κ3) is 5.01. The number of nitrogens with one attached hydrogen (secondary N) is 2. The number of halogens is 1. The van der Waals surface area contributed by atoms with Gasteiger partial charge in [-0.05, 0) is 43.5 Å². The van der Waals surface area contributed by atoms with Gasteiger partial charge in [0.15, 0.2) is 0 Å². The molecule has 3 atom stereocenters. The number of carbonyl (C=O) groups excluding carboxylic acids is 1. The van der Waals surface area contributed by atoms with E-state index < -0.39 is 0 Å². The van der Waals surface area contributed by atoms with Crippen molar-refractivity contribution in [1.82, 2.24) is 5.32 Å². The van der Waals surface area contributed by atoms with Crippen molar-refractivity contribution in [3.8, 4) is 5.75 Å². The fourth-order valence-electron chi connectivity index (χ4n) is 2.80. The predicted molar refractivity (Wildman–Crippen MR) is 95.5 cm³/mol. The van der Waals surface area contributed by atoms with Gasteiger partial charge in [0.2, 0.25) is 5.91 Å². The molecule has 0 radical (unpaired) electrons. The molecule has 1 saturated carbocycles. The van der Waals surface area contributed by atoms with Gasteiger partial charge in [-0.3, -0.25) is 10.1 Å². The normalized spacial score (nSPS) is 27.1. The van der Waals surface area contributed by atoms with Crippen molar-refractivity contribution in [2.45, 2.75) is 43.9 Å². The van der Waals surface area contributed by atoms with Gasteiger partial charge in [0.1, 0.15) is 11.9 Å². The highest BCUT2D eigenvalue weighted by Gasteiger charge is 2.25.